The molecule has 0 atom stereocenters. The maximum Gasteiger partial charge on any atom is 0.224 e. The lowest BCUT2D eigenvalue weighted by atomic mass is 10.1. The number of amides is 1. The first-order valence-electron chi connectivity index (χ1n) is 8.48. The van der Waals surface area contributed by atoms with Crippen LogP contribution in [0, 0.1) is 0 Å². The van der Waals surface area contributed by atoms with Crippen molar-refractivity contribution in [1.29, 1.82) is 0 Å². The Labute approximate surface area is 143 Å². The van der Waals surface area contributed by atoms with Gasteiger partial charge in [0.2, 0.25) is 5.91 Å². The number of carbonyl (C=O) groups is 1. The summed E-state index contributed by atoms with van der Waals surface area (Å²) in [6.45, 7) is 5.18. The van der Waals surface area contributed by atoms with Gasteiger partial charge in [-0.1, -0.05) is 54.6 Å². The molecule has 24 heavy (non-hydrogen) atoms. The van der Waals surface area contributed by atoms with Gasteiger partial charge in [-0.25, -0.2) is 0 Å². The van der Waals surface area contributed by atoms with E-state index in [4.69, 9.17) is 4.74 Å². The van der Waals surface area contributed by atoms with Crippen LogP contribution in [0.5, 0.6) is 0 Å². The molecule has 4 heteroatoms. The van der Waals surface area contributed by atoms with E-state index in [1.165, 1.54) is 5.56 Å². The predicted octanol–water partition coefficient (Wildman–Crippen LogP) is 2.38. The van der Waals surface area contributed by atoms with Crippen LogP contribution >= 0.6 is 0 Å². The van der Waals surface area contributed by atoms with Gasteiger partial charge in [0.05, 0.1) is 19.6 Å². The molecule has 1 aliphatic rings. The van der Waals surface area contributed by atoms with Crippen molar-refractivity contribution in [2.45, 2.75) is 19.5 Å². The Kier molecular flexibility index (Phi) is 5.99. The number of nitrogens with one attached hydrogen (secondary N) is 1. The summed E-state index contributed by atoms with van der Waals surface area (Å²) >= 11 is 0. The first-order chi connectivity index (χ1) is 11.8. The van der Waals surface area contributed by atoms with Crippen molar-refractivity contribution in [3.05, 3.63) is 71.3 Å². The third-order valence-corrected chi connectivity index (χ3v) is 4.23. The van der Waals surface area contributed by atoms with E-state index in [0.29, 0.717) is 13.0 Å². The summed E-state index contributed by atoms with van der Waals surface area (Å²) in [6, 6.07) is 18.3. The van der Waals surface area contributed by atoms with E-state index in [-0.39, 0.29) is 5.91 Å². The van der Waals surface area contributed by atoms with Crippen molar-refractivity contribution in [3.8, 4) is 0 Å². The molecule has 0 aliphatic carbocycles. The molecule has 1 amide bonds. The van der Waals surface area contributed by atoms with E-state index < -0.39 is 0 Å². The predicted molar refractivity (Wildman–Crippen MR) is 94.5 cm³/mol. The molecule has 0 aromatic heterocycles. The number of nitrogens with zero attached hydrogens (tertiary/aromatic N) is 1. The summed E-state index contributed by atoms with van der Waals surface area (Å²) in [6.07, 6.45) is 0.427. The highest BCUT2D eigenvalue weighted by molar-refractivity contribution is 5.78. The molecule has 0 spiro atoms. The van der Waals surface area contributed by atoms with E-state index in [2.05, 4.69) is 34.5 Å². The maximum absolute atomic E-state index is 12.0. The van der Waals surface area contributed by atoms with Crippen LogP contribution in [0.25, 0.3) is 0 Å². The van der Waals surface area contributed by atoms with Crippen LogP contribution in [0.15, 0.2) is 54.6 Å². The van der Waals surface area contributed by atoms with E-state index in [9.17, 15) is 4.79 Å². The fourth-order valence-corrected chi connectivity index (χ4v) is 2.82. The second-order valence-electron chi connectivity index (χ2n) is 6.14. The summed E-state index contributed by atoms with van der Waals surface area (Å²) < 4.78 is 5.37. The third-order valence-electron chi connectivity index (χ3n) is 4.23. The largest absolute Gasteiger partial charge is 0.379 e. The Morgan fingerprint density at radius 2 is 1.58 bits per heavy atom. The second kappa shape index (κ2) is 8.62. The van der Waals surface area contributed by atoms with E-state index >= 15 is 0 Å². The van der Waals surface area contributed by atoms with Crippen LogP contribution in [0.4, 0.5) is 0 Å². The molecule has 0 bridgehead atoms. The molecule has 2 aromatic carbocycles. The van der Waals surface area contributed by atoms with Crippen molar-refractivity contribution in [2.75, 3.05) is 26.3 Å². The molecule has 0 radical (unpaired) electrons. The Bertz CT molecular complexity index is 634. The van der Waals surface area contributed by atoms with E-state index in [1.807, 2.05) is 30.3 Å². The highest BCUT2D eigenvalue weighted by Crippen LogP contribution is 2.09. The highest BCUT2D eigenvalue weighted by atomic mass is 16.5. The Hall–Kier alpha value is -2.17. The number of ether oxygens (including phenoxy) is 1. The molecule has 1 aliphatic heterocycles. The van der Waals surface area contributed by atoms with Gasteiger partial charge in [0.1, 0.15) is 0 Å². The van der Waals surface area contributed by atoms with Gasteiger partial charge in [-0.2, -0.15) is 0 Å². The SMILES string of the molecule is O=C(Cc1ccccc1)NCc1ccc(CN2CCOCC2)cc1. The monoisotopic (exact) mass is 324 g/mol. The molecule has 1 saturated heterocycles. The van der Waals surface area contributed by atoms with Crippen LogP contribution < -0.4 is 5.32 Å². The van der Waals surface area contributed by atoms with Gasteiger partial charge < -0.3 is 10.1 Å². The topological polar surface area (TPSA) is 41.6 Å². The highest BCUT2D eigenvalue weighted by Gasteiger charge is 2.10. The van der Waals surface area contributed by atoms with Gasteiger partial charge in [0.15, 0.2) is 0 Å². The first kappa shape index (κ1) is 16.7. The summed E-state index contributed by atoms with van der Waals surface area (Å²) in [7, 11) is 0. The van der Waals surface area contributed by atoms with Crippen molar-refractivity contribution in [3.63, 3.8) is 0 Å². The minimum atomic E-state index is 0.0543. The minimum Gasteiger partial charge on any atom is -0.379 e. The molecule has 1 fully saturated rings. The van der Waals surface area contributed by atoms with Crippen LogP contribution in [-0.2, 0) is 29.0 Å². The van der Waals surface area contributed by atoms with Crippen molar-refractivity contribution < 1.29 is 9.53 Å². The number of benzene rings is 2. The number of morpholine rings is 1. The molecule has 3 rings (SSSR count). The quantitative estimate of drug-likeness (QED) is 0.887. The fourth-order valence-electron chi connectivity index (χ4n) is 2.82. The van der Waals surface area contributed by atoms with E-state index in [0.717, 1.165) is 44.0 Å². The zero-order valence-corrected chi connectivity index (χ0v) is 13.9. The average molecular weight is 324 g/mol. The lowest BCUT2D eigenvalue weighted by Gasteiger charge is -2.26. The Morgan fingerprint density at radius 1 is 0.917 bits per heavy atom. The maximum atomic E-state index is 12.0. The molecule has 0 saturated carbocycles. The first-order valence-corrected chi connectivity index (χ1v) is 8.48. The second-order valence-corrected chi connectivity index (χ2v) is 6.14. The lowest BCUT2D eigenvalue weighted by Crippen LogP contribution is -2.35. The molecule has 1 N–H and O–H groups in total. The third kappa shape index (κ3) is 5.18. The van der Waals surface area contributed by atoms with Gasteiger partial charge in [-0.15, -0.1) is 0 Å². The summed E-state index contributed by atoms with van der Waals surface area (Å²) in [5.41, 5.74) is 3.47. The van der Waals surface area contributed by atoms with Crippen LogP contribution in [0.1, 0.15) is 16.7 Å². The molecule has 126 valence electrons. The number of rotatable bonds is 6. The molecule has 0 unspecified atom stereocenters. The van der Waals surface area contributed by atoms with Gasteiger partial charge in [0, 0.05) is 26.2 Å². The van der Waals surface area contributed by atoms with Crippen molar-refractivity contribution in [1.82, 2.24) is 10.2 Å². The Morgan fingerprint density at radius 3 is 2.29 bits per heavy atom. The van der Waals surface area contributed by atoms with E-state index in [1.54, 1.807) is 0 Å². The van der Waals surface area contributed by atoms with Gasteiger partial charge in [-0.05, 0) is 16.7 Å². The molecular weight excluding hydrogens is 300 g/mol. The molecule has 1 heterocycles. The zero-order chi connectivity index (χ0) is 16.6. The van der Waals surface area contributed by atoms with Gasteiger partial charge in [0.25, 0.3) is 0 Å². The Balaban J connectivity index is 1.44. The molecule has 4 nitrogen and oxygen atoms in total. The molecular formula is C20H24N2O2. The lowest BCUT2D eigenvalue weighted by molar-refractivity contribution is -0.120. The van der Waals surface area contributed by atoms with Crippen molar-refractivity contribution >= 4 is 5.91 Å². The number of carbonyl (C=O) groups excluding carboxylic acids is 1. The fraction of sp³-hybridized carbons (Fsp3) is 0.350. The average Bonchev–Trinajstić information content (AvgIpc) is 2.63. The number of hydrogen-bond acceptors (Lipinski definition) is 3. The van der Waals surface area contributed by atoms with Crippen LogP contribution in [0.2, 0.25) is 0 Å². The summed E-state index contributed by atoms with van der Waals surface area (Å²) in [5.74, 6) is 0.0543. The van der Waals surface area contributed by atoms with Crippen molar-refractivity contribution in [2.24, 2.45) is 0 Å². The van der Waals surface area contributed by atoms with Crippen LogP contribution in [0.3, 0.4) is 0 Å². The smallest absolute Gasteiger partial charge is 0.224 e. The molecule has 2 aromatic rings. The normalized spacial score (nSPS) is 15.2. The standard InChI is InChI=1S/C20H24N2O2/c23-20(14-17-4-2-1-3-5-17)21-15-18-6-8-19(9-7-18)16-22-10-12-24-13-11-22/h1-9H,10-16H2,(H,21,23). The summed E-state index contributed by atoms with van der Waals surface area (Å²) in [4.78, 5) is 14.4. The minimum absolute atomic E-state index is 0.0543. The van der Waals surface area contributed by atoms with Crippen LogP contribution in [-0.4, -0.2) is 37.1 Å². The summed E-state index contributed by atoms with van der Waals surface area (Å²) in [5, 5.41) is 2.98. The van der Waals surface area contributed by atoms with Gasteiger partial charge >= 0.3 is 0 Å². The van der Waals surface area contributed by atoms with Gasteiger partial charge in [-0.3, -0.25) is 9.69 Å². The zero-order valence-electron chi connectivity index (χ0n) is 13.9. The number of hydrogen-bond donors (Lipinski definition) is 1.